The highest BCUT2D eigenvalue weighted by molar-refractivity contribution is 7.99. The van der Waals surface area contributed by atoms with E-state index in [0.29, 0.717) is 12.1 Å². The fourth-order valence-electron chi connectivity index (χ4n) is 2.45. The molecule has 19 heavy (non-hydrogen) atoms. The van der Waals surface area contributed by atoms with E-state index >= 15 is 0 Å². The zero-order valence-corrected chi connectivity index (χ0v) is 13.7. The van der Waals surface area contributed by atoms with E-state index in [1.165, 1.54) is 11.5 Å². The third kappa shape index (κ3) is 6.04. The number of aliphatic imine (C=N–C) groups is 1. The van der Waals surface area contributed by atoms with Gasteiger partial charge in [-0.25, -0.2) is 0 Å². The number of nitrogens with zero attached hydrogens (tertiary/aromatic N) is 3. The standard InChI is InChI=1S/C14H30N4S/c1-12(2)18(13(3)4)7-5-6-16-14(15)17-8-10-19-11-9-17/h12-13H,5-11H2,1-4H3,(H2,15,16). The molecule has 2 N–H and O–H groups in total. The average Bonchev–Trinajstić information content (AvgIpc) is 2.38. The highest BCUT2D eigenvalue weighted by Gasteiger charge is 2.13. The van der Waals surface area contributed by atoms with Crippen molar-refractivity contribution in [3.8, 4) is 0 Å². The normalized spacial score (nSPS) is 17.8. The van der Waals surface area contributed by atoms with E-state index in [2.05, 4.69) is 42.5 Å². The summed E-state index contributed by atoms with van der Waals surface area (Å²) >= 11 is 2.00. The molecule has 0 spiro atoms. The Kier molecular flexibility index (Phi) is 7.61. The average molecular weight is 286 g/mol. The molecule has 0 aromatic carbocycles. The molecule has 0 atom stereocenters. The molecule has 1 saturated heterocycles. The van der Waals surface area contributed by atoms with Crippen molar-refractivity contribution in [3.63, 3.8) is 0 Å². The lowest BCUT2D eigenvalue weighted by Crippen LogP contribution is -2.43. The third-order valence-electron chi connectivity index (χ3n) is 3.51. The molecule has 112 valence electrons. The smallest absolute Gasteiger partial charge is 0.191 e. The molecule has 0 aliphatic carbocycles. The first kappa shape index (κ1) is 16.6. The number of hydrogen-bond donors (Lipinski definition) is 1. The number of nitrogens with two attached hydrogens (primary N) is 1. The fraction of sp³-hybridized carbons (Fsp3) is 0.929. The minimum absolute atomic E-state index is 0.598. The Bertz CT molecular complexity index is 265. The third-order valence-corrected chi connectivity index (χ3v) is 4.45. The monoisotopic (exact) mass is 286 g/mol. The van der Waals surface area contributed by atoms with Gasteiger partial charge in [-0.1, -0.05) is 0 Å². The molecule has 0 amide bonds. The molecule has 0 aromatic heterocycles. The zero-order chi connectivity index (χ0) is 14.3. The van der Waals surface area contributed by atoms with Gasteiger partial charge in [0.1, 0.15) is 0 Å². The molecule has 4 nitrogen and oxygen atoms in total. The van der Waals surface area contributed by atoms with Crippen LogP contribution in [0.15, 0.2) is 4.99 Å². The van der Waals surface area contributed by atoms with E-state index in [4.69, 9.17) is 5.73 Å². The van der Waals surface area contributed by atoms with Crippen LogP contribution in [0.5, 0.6) is 0 Å². The minimum Gasteiger partial charge on any atom is -0.370 e. The Morgan fingerprint density at radius 1 is 1.21 bits per heavy atom. The van der Waals surface area contributed by atoms with Crippen molar-refractivity contribution in [2.45, 2.75) is 46.2 Å². The van der Waals surface area contributed by atoms with Crippen LogP contribution in [0.4, 0.5) is 0 Å². The Morgan fingerprint density at radius 3 is 2.32 bits per heavy atom. The minimum atomic E-state index is 0.598. The first-order valence-corrected chi connectivity index (χ1v) is 8.56. The van der Waals surface area contributed by atoms with Crippen LogP contribution in [0.3, 0.4) is 0 Å². The molecule has 0 aromatic rings. The summed E-state index contributed by atoms with van der Waals surface area (Å²) in [5, 5.41) is 0. The van der Waals surface area contributed by atoms with Crippen molar-refractivity contribution in [2.75, 3.05) is 37.7 Å². The first-order chi connectivity index (χ1) is 9.02. The van der Waals surface area contributed by atoms with Crippen LogP contribution in [-0.4, -0.2) is 65.5 Å². The van der Waals surface area contributed by atoms with Crippen LogP contribution in [0, 0.1) is 0 Å². The van der Waals surface area contributed by atoms with Gasteiger partial charge in [-0.05, 0) is 34.1 Å². The van der Waals surface area contributed by atoms with Crippen molar-refractivity contribution in [1.82, 2.24) is 9.80 Å². The Hall–Kier alpha value is -0.420. The molecule has 0 saturated carbocycles. The Labute approximate surface area is 122 Å². The molecule has 1 rings (SSSR count). The molecule has 5 heteroatoms. The van der Waals surface area contributed by atoms with E-state index in [1.54, 1.807) is 0 Å². The van der Waals surface area contributed by atoms with Gasteiger partial charge >= 0.3 is 0 Å². The van der Waals surface area contributed by atoms with Crippen molar-refractivity contribution >= 4 is 17.7 Å². The van der Waals surface area contributed by atoms with Gasteiger partial charge in [0.25, 0.3) is 0 Å². The largest absolute Gasteiger partial charge is 0.370 e. The number of hydrogen-bond acceptors (Lipinski definition) is 3. The lowest BCUT2D eigenvalue weighted by atomic mass is 10.2. The predicted molar refractivity (Wildman–Crippen MR) is 87.0 cm³/mol. The summed E-state index contributed by atoms with van der Waals surface area (Å²) in [6.07, 6.45) is 1.08. The van der Waals surface area contributed by atoms with Gasteiger partial charge in [0.15, 0.2) is 5.96 Å². The van der Waals surface area contributed by atoms with Crippen molar-refractivity contribution in [3.05, 3.63) is 0 Å². The summed E-state index contributed by atoms with van der Waals surface area (Å²) in [4.78, 5) is 9.23. The van der Waals surface area contributed by atoms with Gasteiger partial charge in [-0.15, -0.1) is 0 Å². The van der Waals surface area contributed by atoms with Gasteiger partial charge in [0.2, 0.25) is 0 Å². The maximum atomic E-state index is 6.04. The van der Waals surface area contributed by atoms with Gasteiger partial charge in [-0.2, -0.15) is 11.8 Å². The van der Waals surface area contributed by atoms with Crippen molar-refractivity contribution < 1.29 is 0 Å². The van der Waals surface area contributed by atoms with Gasteiger partial charge < -0.3 is 10.6 Å². The second-order valence-electron chi connectivity index (χ2n) is 5.62. The van der Waals surface area contributed by atoms with Crippen LogP contribution in [0.1, 0.15) is 34.1 Å². The second kappa shape index (κ2) is 8.69. The Morgan fingerprint density at radius 2 is 1.79 bits per heavy atom. The quantitative estimate of drug-likeness (QED) is 0.460. The molecule has 1 aliphatic heterocycles. The maximum Gasteiger partial charge on any atom is 0.191 e. The predicted octanol–water partition coefficient (Wildman–Crippen LogP) is 1.86. The van der Waals surface area contributed by atoms with Crippen molar-refractivity contribution in [1.29, 1.82) is 0 Å². The number of thioether (sulfide) groups is 1. The van der Waals surface area contributed by atoms with Crippen LogP contribution in [-0.2, 0) is 0 Å². The van der Waals surface area contributed by atoms with Crippen LogP contribution in [0.2, 0.25) is 0 Å². The van der Waals surface area contributed by atoms with Crippen LogP contribution >= 0.6 is 11.8 Å². The van der Waals surface area contributed by atoms with E-state index < -0.39 is 0 Å². The van der Waals surface area contributed by atoms with Gasteiger partial charge in [-0.3, -0.25) is 9.89 Å². The molecule has 0 radical (unpaired) electrons. The summed E-state index contributed by atoms with van der Waals surface area (Å²) in [6.45, 7) is 13.0. The Balaban J connectivity index is 2.28. The molecule has 1 aliphatic rings. The van der Waals surface area contributed by atoms with E-state index in [1.807, 2.05) is 11.8 Å². The summed E-state index contributed by atoms with van der Waals surface area (Å²) in [5.41, 5.74) is 6.04. The molecule has 1 heterocycles. The molecule has 0 unspecified atom stereocenters. The molecular formula is C14H30N4S. The molecular weight excluding hydrogens is 256 g/mol. The fourth-order valence-corrected chi connectivity index (χ4v) is 3.36. The first-order valence-electron chi connectivity index (χ1n) is 7.40. The second-order valence-corrected chi connectivity index (χ2v) is 6.84. The van der Waals surface area contributed by atoms with Crippen LogP contribution in [0.25, 0.3) is 0 Å². The van der Waals surface area contributed by atoms with Gasteiger partial charge in [0, 0.05) is 49.8 Å². The number of rotatable bonds is 6. The highest BCUT2D eigenvalue weighted by Crippen LogP contribution is 2.09. The van der Waals surface area contributed by atoms with Gasteiger partial charge in [0.05, 0.1) is 0 Å². The highest BCUT2D eigenvalue weighted by atomic mass is 32.2. The molecule has 1 fully saturated rings. The van der Waals surface area contributed by atoms with E-state index in [-0.39, 0.29) is 0 Å². The maximum absolute atomic E-state index is 6.04. The van der Waals surface area contributed by atoms with E-state index in [9.17, 15) is 0 Å². The topological polar surface area (TPSA) is 44.9 Å². The van der Waals surface area contributed by atoms with E-state index in [0.717, 1.165) is 38.6 Å². The van der Waals surface area contributed by atoms with Crippen molar-refractivity contribution in [2.24, 2.45) is 10.7 Å². The molecule has 0 bridgehead atoms. The summed E-state index contributed by atoms with van der Waals surface area (Å²) in [6, 6.07) is 1.20. The summed E-state index contributed by atoms with van der Waals surface area (Å²) in [5.74, 6) is 3.08. The summed E-state index contributed by atoms with van der Waals surface area (Å²) in [7, 11) is 0. The van der Waals surface area contributed by atoms with Crippen LogP contribution < -0.4 is 5.73 Å². The number of guanidine groups is 1. The zero-order valence-electron chi connectivity index (χ0n) is 12.9. The lowest BCUT2D eigenvalue weighted by Gasteiger charge is -2.30. The lowest BCUT2D eigenvalue weighted by molar-refractivity contribution is 0.174. The summed E-state index contributed by atoms with van der Waals surface area (Å²) < 4.78 is 0. The SMILES string of the molecule is CC(C)N(CCCN=C(N)N1CCSCC1)C(C)C.